The van der Waals surface area contributed by atoms with Gasteiger partial charge in [0.1, 0.15) is 4.88 Å². The predicted molar refractivity (Wildman–Crippen MR) is 95.2 cm³/mol. The molecule has 2 heterocycles. The maximum atomic E-state index is 12.5. The van der Waals surface area contributed by atoms with Crippen LogP contribution in [0.3, 0.4) is 0 Å². The van der Waals surface area contributed by atoms with Gasteiger partial charge in [0.25, 0.3) is 5.91 Å². The molecule has 0 bridgehead atoms. The van der Waals surface area contributed by atoms with Crippen LogP contribution in [0.15, 0.2) is 36.5 Å². The fraction of sp³-hybridized carbons (Fsp3) is 0.444. The fourth-order valence-corrected chi connectivity index (χ4v) is 3.71. The monoisotopic (exact) mass is 345 g/mol. The second-order valence-corrected chi connectivity index (χ2v) is 7.11. The Bertz CT molecular complexity index is 666. The van der Waals surface area contributed by atoms with Crippen molar-refractivity contribution in [2.75, 3.05) is 32.7 Å². The molecule has 1 amide bonds. The van der Waals surface area contributed by atoms with E-state index in [1.807, 2.05) is 42.2 Å². The van der Waals surface area contributed by atoms with E-state index in [-0.39, 0.29) is 5.91 Å². The first kappa shape index (κ1) is 17.1. The minimum absolute atomic E-state index is 0.0791. The lowest BCUT2D eigenvalue weighted by Crippen LogP contribution is -2.49. The van der Waals surface area contributed by atoms with Crippen LogP contribution in [0.5, 0.6) is 0 Å². The molecule has 1 atom stereocenters. The zero-order valence-electron chi connectivity index (χ0n) is 13.9. The van der Waals surface area contributed by atoms with Gasteiger partial charge in [-0.3, -0.25) is 9.69 Å². The zero-order chi connectivity index (χ0) is 16.9. The van der Waals surface area contributed by atoms with E-state index in [1.165, 1.54) is 11.3 Å². The molecule has 1 aliphatic heterocycles. The van der Waals surface area contributed by atoms with Gasteiger partial charge in [-0.2, -0.15) is 0 Å². The highest BCUT2D eigenvalue weighted by atomic mass is 32.1. The number of aryl methyl sites for hydroxylation is 1. The number of hydrogen-bond donors (Lipinski definition) is 1. The van der Waals surface area contributed by atoms with Gasteiger partial charge >= 0.3 is 0 Å². The van der Waals surface area contributed by atoms with E-state index in [4.69, 9.17) is 0 Å². The van der Waals surface area contributed by atoms with Gasteiger partial charge in [0.05, 0.1) is 17.3 Å². The van der Waals surface area contributed by atoms with Gasteiger partial charge in [-0.05, 0) is 12.0 Å². The average molecular weight is 345 g/mol. The molecule has 1 N–H and O–H groups in total. The summed E-state index contributed by atoms with van der Waals surface area (Å²) in [5.74, 6) is 0.0791. The molecule has 1 saturated heterocycles. The van der Waals surface area contributed by atoms with Crippen molar-refractivity contribution in [3.63, 3.8) is 0 Å². The number of hydrogen-bond acceptors (Lipinski definition) is 5. The summed E-state index contributed by atoms with van der Waals surface area (Å²) in [6.45, 7) is 5.61. The third-order valence-corrected chi connectivity index (χ3v) is 5.47. The molecule has 24 heavy (non-hydrogen) atoms. The number of aliphatic hydroxyl groups is 1. The number of rotatable bonds is 5. The first-order valence-electron chi connectivity index (χ1n) is 8.36. The highest BCUT2D eigenvalue weighted by Crippen LogP contribution is 2.18. The maximum absolute atomic E-state index is 12.5. The van der Waals surface area contributed by atoms with Gasteiger partial charge in [-0.1, -0.05) is 37.3 Å². The van der Waals surface area contributed by atoms with Gasteiger partial charge in [-0.15, -0.1) is 11.3 Å². The van der Waals surface area contributed by atoms with E-state index in [1.54, 1.807) is 6.20 Å². The van der Waals surface area contributed by atoms with E-state index in [0.717, 1.165) is 35.0 Å². The SMILES string of the molecule is CCc1ncc(C(=O)N2CCN(C[C@@H](O)c3ccccc3)CC2)s1. The van der Waals surface area contributed by atoms with Crippen molar-refractivity contribution in [3.8, 4) is 0 Å². The van der Waals surface area contributed by atoms with E-state index in [9.17, 15) is 9.90 Å². The molecule has 128 valence electrons. The second kappa shape index (κ2) is 7.88. The molecule has 1 aromatic heterocycles. The summed E-state index contributed by atoms with van der Waals surface area (Å²) in [6.07, 6.45) is 2.07. The van der Waals surface area contributed by atoms with E-state index < -0.39 is 6.10 Å². The van der Waals surface area contributed by atoms with Gasteiger partial charge in [0.2, 0.25) is 0 Å². The van der Waals surface area contributed by atoms with E-state index in [2.05, 4.69) is 9.88 Å². The van der Waals surface area contributed by atoms with Crippen molar-refractivity contribution in [2.24, 2.45) is 0 Å². The Balaban J connectivity index is 1.51. The van der Waals surface area contributed by atoms with Gasteiger partial charge < -0.3 is 10.0 Å². The van der Waals surface area contributed by atoms with Crippen LogP contribution in [0.25, 0.3) is 0 Å². The van der Waals surface area contributed by atoms with Gasteiger partial charge in [-0.25, -0.2) is 4.98 Å². The molecule has 0 saturated carbocycles. The summed E-state index contributed by atoms with van der Waals surface area (Å²) < 4.78 is 0. The quantitative estimate of drug-likeness (QED) is 0.903. The molecule has 6 heteroatoms. The van der Waals surface area contributed by atoms with E-state index >= 15 is 0 Å². The van der Waals surface area contributed by atoms with Crippen molar-refractivity contribution in [3.05, 3.63) is 52.0 Å². The highest BCUT2D eigenvalue weighted by Gasteiger charge is 2.24. The molecule has 3 rings (SSSR count). The Kier molecular flexibility index (Phi) is 5.60. The zero-order valence-corrected chi connectivity index (χ0v) is 14.7. The number of carbonyl (C=O) groups is 1. The molecule has 0 unspecified atom stereocenters. The number of thiazole rings is 1. The first-order valence-corrected chi connectivity index (χ1v) is 9.18. The summed E-state index contributed by atoms with van der Waals surface area (Å²) in [5, 5.41) is 11.3. The molecule has 0 radical (unpaired) electrons. The normalized spacial score (nSPS) is 17.0. The number of nitrogens with zero attached hydrogens (tertiary/aromatic N) is 3. The standard InChI is InChI=1S/C18H23N3O2S/c1-2-17-19-12-16(24-17)18(23)21-10-8-20(9-11-21)13-15(22)14-6-4-3-5-7-14/h3-7,12,15,22H,2,8-11,13H2,1H3/t15-/m1/s1. The predicted octanol–water partition coefficient (Wildman–Crippen LogP) is 2.20. The fourth-order valence-electron chi connectivity index (χ4n) is 2.89. The summed E-state index contributed by atoms with van der Waals surface area (Å²) in [7, 11) is 0. The van der Waals surface area contributed by atoms with Gasteiger partial charge in [0, 0.05) is 32.7 Å². The van der Waals surface area contributed by atoms with Crippen LogP contribution < -0.4 is 0 Å². The molecule has 1 aliphatic rings. The Morgan fingerprint density at radius 3 is 2.58 bits per heavy atom. The number of β-amino-alcohol motifs (C(OH)–C–C–N with tert-alkyl or cyclic N) is 1. The van der Waals surface area contributed by atoms with Crippen LogP contribution in [0.2, 0.25) is 0 Å². The van der Waals surface area contributed by atoms with Crippen molar-refractivity contribution < 1.29 is 9.90 Å². The van der Waals surface area contributed by atoms with Crippen molar-refractivity contribution >= 4 is 17.2 Å². The van der Waals surface area contributed by atoms with E-state index in [0.29, 0.717) is 19.6 Å². The molecule has 0 aliphatic carbocycles. The lowest BCUT2D eigenvalue weighted by Gasteiger charge is -2.35. The van der Waals surface area contributed by atoms with Crippen LogP contribution >= 0.6 is 11.3 Å². The summed E-state index contributed by atoms with van der Waals surface area (Å²) in [5.41, 5.74) is 0.938. The topological polar surface area (TPSA) is 56.7 Å². The van der Waals surface area contributed by atoms with Gasteiger partial charge in [0.15, 0.2) is 0 Å². The summed E-state index contributed by atoms with van der Waals surface area (Å²) in [4.78, 5) is 21.6. The number of amides is 1. The maximum Gasteiger partial charge on any atom is 0.265 e. The molecule has 2 aromatic rings. The van der Waals surface area contributed by atoms with Crippen molar-refractivity contribution in [1.29, 1.82) is 0 Å². The number of carbonyl (C=O) groups excluding carboxylic acids is 1. The minimum atomic E-state index is -0.484. The molecular weight excluding hydrogens is 322 g/mol. The minimum Gasteiger partial charge on any atom is -0.387 e. The summed E-state index contributed by atoms with van der Waals surface area (Å²) in [6, 6.07) is 9.71. The van der Waals surface area contributed by atoms with Crippen LogP contribution in [-0.2, 0) is 6.42 Å². The van der Waals surface area contributed by atoms with Crippen LogP contribution in [-0.4, -0.2) is 58.5 Å². The molecular formula is C18H23N3O2S. The lowest BCUT2D eigenvalue weighted by molar-refractivity contribution is 0.0531. The Labute approximate surface area is 146 Å². The Morgan fingerprint density at radius 1 is 1.25 bits per heavy atom. The Hall–Kier alpha value is -1.76. The second-order valence-electron chi connectivity index (χ2n) is 5.99. The first-order chi connectivity index (χ1) is 11.7. The third-order valence-electron chi connectivity index (χ3n) is 4.34. The number of aromatic nitrogens is 1. The molecule has 5 nitrogen and oxygen atoms in total. The highest BCUT2D eigenvalue weighted by molar-refractivity contribution is 7.13. The molecule has 0 spiro atoms. The number of aliphatic hydroxyl groups excluding tert-OH is 1. The largest absolute Gasteiger partial charge is 0.387 e. The van der Waals surface area contributed by atoms with Crippen LogP contribution in [0.4, 0.5) is 0 Å². The molecule has 1 fully saturated rings. The smallest absolute Gasteiger partial charge is 0.265 e. The van der Waals surface area contributed by atoms with Crippen molar-refractivity contribution in [1.82, 2.24) is 14.8 Å². The molecule has 1 aromatic carbocycles. The third kappa shape index (κ3) is 4.01. The van der Waals surface area contributed by atoms with Crippen LogP contribution in [0, 0.1) is 0 Å². The number of benzene rings is 1. The average Bonchev–Trinajstić information content (AvgIpc) is 3.11. The summed E-state index contributed by atoms with van der Waals surface area (Å²) >= 11 is 1.49. The number of piperazine rings is 1. The Morgan fingerprint density at radius 2 is 1.96 bits per heavy atom. The van der Waals surface area contributed by atoms with Crippen molar-refractivity contribution in [2.45, 2.75) is 19.4 Å². The van der Waals surface area contributed by atoms with Crippen LogP contribution in [0.1, 0.15) is 33.3 Å². The lowest BCUT2D eigenvalue weighted by atomic mass is 10.1.